The topological polar surface area (TPSA) is 72.8 Å². The van der Waals surface area contributed by atoms with Gasteiger partial charge < -0.3 is 14.6 Å². The Kier molecular flexibility index (Phi) is 9.89. The number of carbonyl (C=O) groups excluding carboxylic acids is 2. The van der Waals surface area contributed by atoms with Gasteiger partial charge in [0.2, 0.25) is 0 Å². The minimum Gasteiger partial charge on any atom is -0.489 e. The van der Waals surface area contributed by atoms with E-state index < -0.39 is 5.97 Å². The zero-order valence-corrected chi connectivity index (χ0v) is 15.4. The van der Waals surface area contributed by atoms with Crippen molar-refractivity contribution < 1.29 is 24.2 Å². The second-order valence-electron chi connectivity index (χ2n) is 5.56. The Balaban J connectivity index is 0.000000345. The number of hydrogen-bond acceptors (Lipinski definition) is 5. The number of rotatable bonds is 8. The maximum absolute atomic E-state index is 10.6. The smallest absolute Gasteiger partial charge is 0.333 e. The van der Waals surface area contributed by atoms with Gasteiger partial charge in [-0.2, -0.15) is 0 Å². The van der Waals surface area contributed by atoms with E-state index >= 15 is 0 Å². The van der Waals surface area contributed by atoms with E-state index in [2.05, 4.69) is 17.9 Å². The van der Waals surface area contributed by atoms with Gasteiger partial charge in [-0.3, -0.25) is 4.79 Å². The molecular weight excluding hydrogens is 344 g/mol. The molecule has 0 saturated heterocycles. The third kappa shape index (κ3) is 8.65. The van der Waals surface area contributed by atoms with Gasteiger partial charge in [0, 0.05) is 11.1 Å². The van der Waals surface area contributed by atoms with E-state index in [1.165, 1.54) is 0 Å². The zero-order valence-electron chi connectivity index (χ0n) is 15.4. The molecule has 142 valence electrons. The molecule has 2 rings (SSSR count). The van der Waals surface area contributed by atoms with Crippen LogP contribution in [-0.2, 0) is 16.1 Å². The van der Waals surface area contributed by atoms with Crippen LogP contribution in [0.4, 0.5) is 0 Å². The molecule has 0 spiro atoms. The van der Waals surface area contributed by atoms with E-state index in [1.54, 1.807) is 31.2 Å². The second-order valence-corrected chi connectivity index (χ2v) is 5.56. The van der Waals surface area contributed by atoms with Crippen molar-refractivity contribution >= 4 is 18.3 Å². The summed E-state index contributed by atoms with van der Waals surface area (Å²) >= 11 is 0. The fraction of sp³-hybridized carbons (Fsp3) is 0.182. The SMILES string of the molecule is C=C(C)C(=O)OCCO.C=Cc1ccc(COc2cccc(C=O)c2)cc1. The number of aldehydes is 1. The molecule has 0 amide bonds. The first-order valence-electron chi connectivity index (χ1n) is 8.33. The third-order valence-corrected chi connectivity index (χ3v) is 3.29. The van der Waals surface area contributed by atoms with Gasteiger partial charge >= 0.3 is 5.97 Å². The monoisotopic (exact) mass is 368 g/mol. The lowest BCUT2D eigenvalue weighted by molar-refractivity contribution is -0.139. The summed E-state index contributed by atoms with van der Waals surface area (Å²) in [6.07, 6.45) is 2.62. The molecule has 0 bridgehead atoms. The van der Waals surface area contributed by atoms with Crippen molar-refractivity contribution in [2.75, 3.05) is 13.2 Å². The average molecular weight is 368 g/mol. The van der Waals surface area contributed by atoms with Crippen LogP contribution in [0.2, 0.25) is 0 Å². The molecule has 0 saturated carbocycles. The predicted molar refractivity (Wildman–Crippen MR) is 106 cm³/mol. The molecule has 0 aromatic heterocycles. The van der Waals surface area contributed by atoms with E-state index in [0.29, 0.717) is 23.5 Å². The lowest BCUT2D eigenvalue weighted by Gasteiger charge is -2.06. The van der Waals surface area contributed by atoms with Gasteiger partial charge in [-0.1, -0.05) is 55.6 Å². The quantitative estimate of drug-likeness (QED) is 0.436. The summed E-state index contributed by atoms with van der Waals surface area (Å²) in [4.78, 5) is 21.1. The van der Waals surface area contributed by atoms with E-state index in [9.17, 15) is 9.59 Å². The van der Waals surface area contributed by atoms with Crippen LogP contribution in [0.5, 0.6) is 5.75 Å². The summed E-state index contributed by atoms with van der Waals surface area (Å²) in [6.45, 7) is 9.01. The van der Waals surface area contributed by atoms with Crippen LogP contribution in [0.3, 0.4) is 0 Å². The summed E-state index contributed by atoms with van der Waals surface area (Å²) in [5.41, 5.74) is 3.14. The normalized spacial score (nSPS) is 9.41. The van der Waals surface area contributed by atoms with Gasteiger partial charge in [0.25, 0.3) is 0 Å². The van der Waals surface area contributed by atoms with E-state index in [0.717, 1.165) is 17.4 Å². The highest BCUT2D eigenvalue weighted by molar-refractivity contribution is 5.86. The first-order valence-corrected chi connectivity index (χ1v) is 8.33. The first-order chi connectivity index (χ1) is 13.0. The Bertz CT molecular complexity index is 763. The first kappa shape index (κ1) is 21.9. The fourth-order valence-corrected chi connectivity index (χ4v) is 1.86. The summed E-state index contributed by atoms with van der Waals surface area (Å²) in [6, 6.07) is 15.1. The summed E-state index contributed by atoms with van der Waals surface area (Å²) in [5.74, 6) is 0.247. The number of carbonyl (C=O) groups is 2. The average Bonchev–Trinajstić information content (AvgIpc) is 2.71. The minimum atomic E-state index is -0.455. The predicted octanol–water partition coefficient (Wildman–Crippen LogP) is 3.82. The Morgan fingerprint density at radius 1 is 1.15 bits per heavy atom. The van der Waals surface area contributed by atoms with Crippen LogP contribution in [0.1, 0.15) is 28.4 Å². The van der Waals surface area contributed by atoms with Crippen LogP contribution in [0.15, 0.2) is 67.3 Å². The van der Waals surface area contributed by atoms with Gasteiger partial charge in [-0.05, 0) is 30.2 Å². The lowest BCUT2D eigenvalue weighted by atomic mass is 10.1. The molecule has 0 unspecified atom stereocenters. The minimum absolute atomic E-state index is 0.0473. The van der Waals surface area contributed by atoms with Crippen molar-refractivity contribution in [3.63, 3.8) is 0 Å². The summed E-state index contributed by atoms with van der Waals surface area (Å²) in [5, 5.41) is 8.19. The van der Waals surface area contributed by atoms with Gasteiger partial charge in [0.05, 0.1) is 6.61 Å². The van der Waals surface area contributed by atoms with Crippen LogP contribution >= 0.6 is 0 Å². The summed E-state index contributed by atoms with van der Waals surface area (Å²) < 4.78 is 10.1. The highest BCUT2D eigenvalue weighted by atomic mass is 16.5. The van der Waals surface area contributed by atoms with E-state index in [4.69, 9.17) is 9.84 Å². The third-order valence-electron chi connectivity index (χ3n) is 3.29. The lowest BCUT2D eigenvalue weighted by Crippen LogP contribution is -2.08. The van der Waals surface area contributed by atoms with Gasteiger partial charge in [0.1, 0.15) is 25.2 Å². The van der Waals surface area contributed by atoms with Crippen molar-refractivity contribution in [1.82, 2.24) is 0 Å². The molecular formula is C22H24O5. The van der Waals surface area contributed by atoms with Crippen molar-refractivity contribution in [3.8, 4) is 5.75 Å². The molecule has 0 fully saturated rings. The highest BCUT2D eigenvalue weighted by Crippen LogP contribution is 2.14. The second kappa shape index (κ2) is 12.2. The molecule has 2 aromatic carbocycles. The standard InChI is InChI=1S/C16H14O2.C6H10O3/c1-2-13-6-8-14(9-7-13)12-18-16-5-3-4-15(10-16)11-17;1-5(2)6(8)9-4-3-7/h2-11H,1,12H2;7H,1,3-4H2,2H3. The van der Waals surface area contributed by atoms with E-state index in [-0.39, 0.29) is 13.2 Å². The van der Waals surface area contributed by atoms with Crippen LogP contribution < -0.4 is 4.74 Å². The molecule has 0 aliphatic rings. The van der Waals surface area contributed by atoms with Crippen molar-refractivity contribution in [3.05, 3.63) is 84.0 Å². The van der Waals surface area contributed by atoms with Gasteiger partial charge in [0.15, 0.2) is 0 Å². The molecule has 0 atom stereocenters. The molecule has 0 aliphatic carbocycles. The highest BCUT2D eigenvalue weighted by Gasteiger charge is 2.00. The number of ether oxygens (including phenoxy) is 2. The Hall–Kier alpha value is -3.18. The number of aliphatic hydroxyl groups is 1. The molecule has 1 N–H and O–H groups in total. The fourth-order valence-electron chi connectivity index (χ4n) is 1.86. The molecule has 0 radical (unpaired) electrons. The maximum atomic E-state index is 10.6. The molecule has 5 nitrogen and oxygen atoms in total. The zero-order chi connectivity index (χ0) is 20.1. The maximum Gasteiger partial charge on any atom is 0.333 e. The summed E-state index contributed by atoms with van der Waals surface area (Å²) in [7, 11) is 0. The molecule has 0 heterocycles. The van der Waals surface area contributed by atoms with Gasteiger partial charge in [-0.25, -0.2) is 4.79 Å². The Labute approximate surface area is 159 Å². The van der Waals surface area contributed by atoms with Crippen molar-refractivity contribution in [1.29, 1.82) is 0 Å². The van der Waals surface area contributed by atoms with Crippen molar-refractivity contribution in [2.45, 2.75) is 13.5 Å². The van der Waals surface area contributed by atoms with Crippen molar-refractivity contribution in [2.24, 2.45) is 0 Å². The number of hydrogen-bond donors (Lipinski definition) is 1. The van der Waals surface area contributed by atoms with Crippen LogP contribution in [0, 0.1) is 0 Å². The number of aliphatic hydroxyl groups excluding tert-OH is 1. The molecule has 2 aromatic rings. The number of esters is 1. The largest absolute Gasteiger partial charge is 0.489 e. The Morgan fingerprint density at radius 3 is 2.41 bits per heavy atom. The molecule has 0 aliphatic heterocycles. The molecule has 27 heavy (non-hydrogen) atoms. The molecule has 5 heteroatoms. The van der Waals surface area contributed by atoms with Crippen LogP contribution in [0.25, 0.3) is 6.08 Å². The van der Waals surface area contributed by atoms with Crippen LogP contribution in [-0.4, -0.2) is 30.6 Å². The van der Waals surface area contributed by atoms with Gasteiger partial charge in [-0.15, -0.1) is 0 Å². The Morgan fingerprint density at radius 2 is 1.85 bits per heavy atom. The van der Waals surface area contributed by atoms with E-state index in [1.807, 2.05) is 30.3 Å². The number of benzene rings is 2.